The third-order valence-electron chi connectivity index (χ3n) is 5.40. The fourth-order valence-electron chi connectivity index (χ4n) is 3.97. The third-order valence-corrected chi connectivity index (χ3v) is 5.40. The zero-order valence-corrected chi connectivity index (χ0v) is 18.4. The summed E-state index contributed by atoms with van der Waals surface area (Å²) in [6.07, 6.45) is 3.71. The molecule has 6 heteroatoms. The number of benzene rings is 2. The molecule has 0 unspecified atom stereocenters. The molecule has 0 atom stereocenters. The molecule has 2 N–H and O–H groups in total. The maximum absolute atomic E-state index is 12.6. The predicted molar refractivity (Wildman–Crippen MR) is 126 cm³/mol. The van der Waals surface area contributed by atoms with Crippen molar-refractivity contribution >= 4 is 29.0 Å². The molecule has 0 aliphatic carbocycles. The molecule has 1 aliphatic rings. The van der Waals surface area contributed by atoms with E-state index >= 15 is 0 Å². The van der Waals surface area contributed by atoms with Gasteiger partial charge in [-0.15, -0.1) is 0 Å². The molecule has 1 aromatic heterocycles. The van der Waals surface area contributed by atoms with Crippen LogP contribution in [0.15, 0.2) is 48.5 Å². The van der Waals surface area contributed by atoms with Gasteiger partial charge in [-0.3, -0.25) is 4.79 Å². The van der Waals surface area contributed by atoms with E-state index in [0.717, 1.165) is 47.1 Å². The van der Waals surface area contributed by atoms with E-state index in [2.05, 4.69) is 26.6 Å². The Bertz CT molecular complexity index is 1050. The number of aromatic nitrogens is 2. The number of nitrogens with one attached hydrogen (secondary N) is 2. The Balaban J connectivity index is 1.44. The zero-order chi connectivity index (χ0) is 21.8. The van der Waals surface area contributed by atoms with Crippen LogP contribution in [0.1, 0.15) is 46.4 Å². The highest BCUT2D eigenvalue weighted by atomic mass is 16.1. The maximum Gasteiger partial charge on any atom is 0.255 e. The number of hydrogen-bond donors (Lipinski definition) is 2. The minimum Gasteiger partial charge on any atom is -0.356 e. The number of aryl methyl sites for hydroxylation is 3. The highest BCUT2D eigenvalue weighted by molar-refractivity contribution is 6.04. The summed E-state index contributed by atoms with van der Waals surface area (Å²) in [6.45, 7) is 8.07. The summed E-state index contributed by atoms with van der Waals surface area (Å²) in [5, 5.41) is 6.25. The van der Waals surface area contributed by atoms with E-state index in [0.29, 0.717) is 11.5 Å². The zero-order valence-electron chi connectivity index (χ0n) is 18.4. The minimum absolute atomic E-state index is 0.110. The monoisotopic (exact) mass is 415 g/mol. The number of rotatable bonds is 5. The van der Waals surface area contributed by atoms with Crippen molar-refractivity contribution in [2.24, 2.45) is 0 Å². The van der Waals surface area contributed by atoms with Gasteiger partial charge in [0.05, 0.1) is 0 Å². The Morgan fingerprint density at radius 2 is 1.48 bits per heavy atom. The van der Waals surface area contributed by atoms with Gasteiger partial charge in [-0.2, -0.15) is 4.98 Å². The molecule has 3 aromatic rings. The van der Waals surface area contributed by atoms with Gasteiger partial charge >= 0.3 is 0 Å². The molecule has 0 bridgehead atoms. The van der Waals surface area contributed by atoms with Crippen molar-refractivity contribution in [3.8, 4) is 0 Å². The summed E-state index contributed by atoms with van der Waals surface area (Å²) < 4.78 is 0. The molecule has 1 saturated heterocycles. The number of anilines is 4. The Kier molecular flexibility index (Phi) is 6.16. The Labute approximate surface area is 183 Å². The average molecular weight is 416 g/mol. The van der Waals surface area contributed by atoms with Gasteiger partial charge < -0.3 is 15.5 Å². The van der Waals surface area contributed by atoms with Gasteiger partial charge in [0, 0.05) is 41.8 Å². The number of piperidine rings is 1. The van der Waals surface area contributed by atoms with Gasteiger partial charge in [0.2, 0.25) is 5.95 Å². The molecule has 0 spiro atoms. The van der Waals surface area contributed by atoms with Gasteiger partial charge in [0.1, 0.15) is 5.82 Å². The van der Waals surface area contributed by atoms with Gasteiger partial charge in [-0.1, -0.05) is 17.2 Å². The first kappa shape index (κ1) is 20.8. The second kappa shape index (κ2) is 9.16. The molecule has 1 amide bonds. The Morgan fingerprint density at radius 3 is 2.16 bits per heavy atom. The lowest BCUT2D eigenvalue weighted by Crippen LogP contribution is -2.30. The van der Waals surface area contributed by atoms with Gasteiger partial charge in [0.15, 0.2) is 0 Å². The van der Waals surface area contributed by atoms with Crippen molar-refractivity contribution in [3.05, 3.63) is 70.9 Å². The van der Waals surface area contributed by atoms with E-state index in [4.69, 9.17) is 4.98 Å². The normalized spacial score (nSPS) is 13.7. The summed E-state index contributed by atoms with van der Waals surface area (Å²) >= 11 is 0. The molecular formula is C25H29N5O. The highest BCUT2D eigenvalue weighted by Gasteiger charge is 2.14. The predicted octanol–water partition coefficient (Wildman–Crippen LogP) is 5.39. The first-order valence-corrected chi connectivity index (χ1v) is 10.8. The number of carbonyl (C=O) groups is 1. The van der Waals surface area contributed by atoms with Crippen molar-refractivity contribution < 1.29 is 4.79 Å². The highest BCUT2D eigenvalue weighted by Crippen LogP contribution is 2.22. The third kappa shape index (κ3) is 5.40. The summed E-state index contributed by atoms with van der Waals surface area (Å²) in [5.74, 6) is 1.46. The molecule has 4 rings (SSSR count). The van der Waals surface area contributed by atoms with Crippen LogP contribution < -0.4 is 15.5 Å². The topological polar surface area (TPSA) is 70.2 Å². The van der Waals surface area contributed by atoms with E-state index in [1.54, 1.807) is 0 Å². The molecule has 6 nitrogen and oxygen atoms in total. The van der Waals surface area contributed by atoms with Crippen LogP contribution in [0.3, 0.4) is 0 Å². The van der Waals surface area contributed by atoms with Crippen molar-refractivity contribution in [1.82, 2.24) is 9.97 Å². The lowest BCUT2D eigenvalue weighted by molar-refractivity contribution is 0.102. The second-order valence-electron chi connectivity index (χ2n) is 8.27. The molecule has 2 heterocycles. The SMILES string of the molecule is Cc1cc(C)cc(C(=O)Nc2ccc(Nc3nc(C)cc(N4CCCCC4)n3)cc2)c1. The lowest BCUT2D eigenvalue weighted by atomic mass is 10.1. The van der Waals surface area contributed by atoms with E-state index in [-0.39, 0.29) is 5.91 Å². The first-order valence-electron chi connectivity index (χ1n) is 10.8. The van der Waals surface area contributed by atoms with Gasteiger partial charge in [0.25, 0.3) is 5.91 Å². The molecule has 1 aliphatic heterocycles. The smallest absolute Gasteiger partial charge is 0.255 e. The van der Waals surface area contributed by atoms with Gasteiger partial charge in [-0.25, -0.2) is 4.98 Å². The van der Waals surface area contributed by atoms with E-state index in [1.165, 1.54) is 19.3 Å². The molecule has 2 aromatic carbocycles. The molecule has 160 valence electrons. The van der Waals surface area contributed by atoms with Crippen molar-refractivity contribution in [2.45, 2.75) is 40.0 Å². The molecule has 1 fully saturated rings. The maximum atomic E-state index is 12.6. The number of carbonyl (C=O) groups excluding carboxylic acids is 1. The molecule has 0 saturated carbocycles. The van der Waals surface area contributed by atoms with Crippen molar-refractivity contribution in [1.29, 1.82) is 0 Å². The largest absolute Gasteiger partial charge is 0.356 e. The molecular weight excluding hydrogens is 386 g/mol. The van der Waals surface area contributed by atoms with E-state index in [1.807, 2.05) is 63.2 Å². The Morgan fingerprint density at radius 1 is 0.839 bits per heavy atom. The van der Waals surface area contributed by atoms with Crippen LogP contribution in [-0.2, 0) is 0 Å². The first-order chi connectivity index (χ1) is 15.0. The second-order valence-corrected chi connectivity index (χ2v) is 8.27. The van der Waals surface area contributed by atoms with Crippen molar-refractivity contribution in [3.63, 3.8) is 0 Å². The summed E-state index contributed by atoms with van der Waals surface area (Å²) in [7, 11) is 0. The number of hydrogen-bond acceptors (Lipinski definition) is 5. The van der Waals surface area contributed by atoms with Crippen LogP contribution in [-0.4, -0.2) is 29.0 Å². The number of nitrogens with zero attached hydrogens (tertiary/aromatic N) is 3. The van der Waals surface area contributed by atoms with Crippen LogP contribution >= 0.6 is 0 Å². The minimum atomic E-state index is -0.110. The van der Waals surface area contributed by atoms with Crippen LogP contribution in [0.4, 0.5) is 23.1 Å². The van der Waals surface area contributed by atoms with Gasteiger partial charge in [-0.05, 0) is 76.4 Å². The summed E-state index contributed by atoms with van der Waals surface area (Å²) in [5.41, 5.74) is 5.38. The van der Waals surface area contributed by atoms with Crippen molar-refractivity contribution in [2.75, 3.05) is 28.6 Å². The van der Waals surface area contributed by atoms with E-state index < -0.39 is 0 Å². The van der Waals surface area contributed by atoms with Crippen LogP contribution in [0.25, 0.3) is 0 Å². The standard InChI is InChI=1S/C25H29N5O/c1-17-13-18(2)15-20(14-17)24(31)27-21-7-9-22(10-8-21)28-25-26-19(3)16-23(29-25)30-11-5-4-6-12-30/h7-10,13-16H,4-6,11-12H2,1-3H3,(H,27,31)(H,26,28,29). The number of amides is 1. The average Bonchev–Trinajstić information content (AvgIpc) is 2.75. The molecule has 0 radical (unpaired) electrons. The van der Waals surface area contributed by atoms with Crippen LogP contribution in [0.5, 0.6) is 0 Å². The van der Waals surface area contributed by atoms with E-state index in [9.17, 15) is 4.79 Å². The quantitative estimate of drug-likeness (QED) is 0.585. The fraction of sp³-hybridized carbons (Fsp3) is 0.320. The summed E-state index contributed by atoms with van der Waals surface area (Å²) in [4.78, 5) is 24.1. The molecule has 31 heavy (non-hydrogen) atoms. The fourth-order valence-corrected chi connectivity index (χ4v) is 3.97. The Hall–Kier alpha value is -3.41. The van der Waals surface area contributed by atoms with Crippen LogP contribution in [0, 0.1) is 20.8 Å². The van der Waals surface area contributed by atoms with Crippen LogP contribution in [0.2, 0.25) is 0 Å². The summed E-state index contributed by atoms with van der Waals surface area (Å²) in [6, 6.07) is 15.5. The lowest BCUT2D eigenvalue weighted by Gasteiger charge is -2.28.